The van der Waals surface area contributed by atoms with E-state index in [-0.39, 0.29) is 0 Å². The summed E-state index contributed by atoms with van der Waals surface area (Å²) in [6.07, 6.45) is 0. The fourth-order valence-corrected chi connectivity index (χ4v) is 3.83. The van der Waals surface area contributed by atoms with Gasteiger partial charge < -0.3 is 15.0 Å². The van der Waals surface area contributed by atoms with E-state index in [1.165, 1.54) is 0 Å². The Bertz CT molecular complexity index is 1030. The van der Waals surface area contributed by atoms with E-state index in [1.54, 1.807) is 25.3 Å². The van der Waals surface area contributed by atoms with Crippen molar-refractivity contribution < 1.29 is 4.74 Å². The molecule has 0 aliphatic carbocycles. The van der Waals surface area contributed by atoms with Crippen LogP contribution in [0.3, 0.4) is 0 Å². The zero-order chi connectivity index (χ0) is 19.5. The average Bonchev–Trinajstić information content (AvgIpc) is 2.74. The predicted octanol–water partition coefficient (Wildman–Crippen LogP) is 5.14. The fourth-order valence-electron chi connectivity index (χ4n) is 3.50. The lowest BCUT2D eigenvalue weighted by Gasteiger charge is -2.31. The van der Waals surface area contributed by atoms with Crippen molar-refractivity contribution in [3.8, 4) is 5.75 Å². The van der Waals surface area contributed by atoms with Crippen molar-refractivity contribution in [2.45, 2.75) is 0 Å². The Morgan fingerprint density at radius 1 is 1.04 bits per heavy atom. The minimum Gasteiger partial charge on any atom is -0.496 e. The van der Waals surface area contributed by atoms with Crippen LogP contribution in [0, 0.1) is 0 Å². The third-order valence-corrected chi connectivity index (χ3v) is 5.44. The smallest absolute Gasteiger partial charge is 0.141 e. The minimum absolute atomic E-state index is 0.566. The third kappa shape index (κ3) is 3.81. The van der Waals surface area contributed by atoms with E-state index >= 15 is 0 Å². The Morgan fingerprint density at radius 2 is 1.82 bits per heavy atom. The van der Waals surface area contributed by atoms with Crippen LogP contribution in [0.4, 0.5) is 5.69 Å². The number of piperazine rings is 1. The number of nitrogens with zero attached hydrogens (tertiary/aromatic N) is 2. The van der Waals surface area contributed by atoms with Gasteiger partial charge in [-0.1, -0.05) is 53.5 Å². The van der Waals surface area contributed by atoms with Gasteiger partial charge in [-0.25, -0.2) is 4.99 Å². The van der Waals surface area contributed by atoms with E-state index in [4.69, 9.17) is 32.9 Å². The number of fused-ring (bicyclic) bond motifs is 1. The molecule has 0 saturated carbocycles. The van der Waals surface area contributed by atoms with Gasteiger partial charge in [0, 0.05) is 31.2 Å². The molecule has 3 aromatic carbocycles. The highest BCUT2D eigenvalue weighted by atomic mass is 35.5. The number of hydrogen-bond donors (Lipinski definition) is 1. The van der Waals surface area contributed by atoms with Gasteiger partial charge in [0.2, 0.25) is 0 Å². The second-order valence-electron chi connectivity index (χ2n) is 6.63. The van der Waals surface area contributed by atoms with E-state index in [2.05, 4.69) is 28.4 Å². The first-order valence-electron chi connectivity index (χ1n) is 9.23. The van der Waals surface area contributed by atoms with Crippen LogP contribution in [-0.4, -0.2) is 44.0 Å². The Labute approximate surface area is 174 Å². The molecule has 144 valence electrons. The van der Waals surface area contributed by atoms with Gasteiger partial charge in [0.1, 0.15) is 11.6 Å². The molecule has 0 radical (unpaired) electrons. The van der Waals surface area contributed by atoms with Crippen molar-refractivity contribution >= 4 is 45.5 Å². The second-order valence-corrected chi connectivity index (χ2v) is 7.48. The average molecular weight is 414 g/mol. The summed E-state index contributed by atoms with van der Waals surface area (Å²) in [6, 6.07) is 17.7. The maximum absolute atomic E-state index is 6.43. The quantitative estimate of drug-likeness (QED) is 0.477. The maximum atomic E-state index is 6.43. The second kappa shape index (κ2) is 8.39. The van der Waals surface area contributed by atoms with E-state index in [9.17, 15) is 0 Å². The van der Waals surface area contributed by atoms with E-state index in [0.717, 1.165) is 54.1 Å². The number of methoxy groups -OCH3 is 1. The molecule has 0 atom stereocenters. The number of ether oxygens (including phenoxy) is 1. The first-order valence-corrected chi connectivity index (χ1v) is 9.98. The number of halogens is 2. The van der Waals surface area contributed by atoms with Crippen LogP contribution in [0.15, 0.2) is 59.6 Å². The maximum Gasteiger partial charge on any atom is 0.141 e. The van der Waals surface area contributed by atoms with Crippen molar-refractivity contribution in [1.82, 2.24) is 10.2 Å². The minimum atomic E-state index is 0.566. The van der Waals surface area contributed by atoms with Crippen molar-refractivity contribution in [2.75, 3.05) is 33.3 Å². The molecule has 1 saturated heterocycles. The summed E-state index contributed by atoms with van der Waals surface area (Å²) in [5, 5.41) is 6.80. The molecule has 28 heavy (non-hydrogen) atoms. The van der Waals surface area contributed by atoms with E-state index in [1.807, 2.05) is 18.2 Å². The molecule has 1 heterocycles. The molecular weight excluding hydrogens is 393 g/mol. The van der Waals surface area contributed by atoms with Crippen LogP contribution in [-0.2, 0) is 0 Å². The summed E-state index contributed by atoms with van der Waals surface area (Å²) in [5.41, 5.74) is 1.62. The number of rotatable bonds is 3. The molecule has 0 unspecified atom stereocenters. The number of benzene rings is 3. The molecule has 0 bridgehead atoms. The lowest BCUT2D eigenvalue weighted by atomic mass is 10.0. The van der Waals surface area contributed by atoms with Gasteiger partial charge in [-0.3, -0.25) is 0 Å². The van der Waals surface area contributed by atoms with E-state index < -0.39 is 0 Å². The molecule has 3 aromatic rings. The summed E-state index contributed by atoms with van der Waals surface area (Å²) in [6.45, 7) is 3.50. The summed E-state index contributed by atoms with van der Waals surface area (Å²) in [5.74, 6) is 1.63. The molecular formula is C22H21Cl2N3O. The van der Waals surface area contributed by atoms with Gasteiger partial charge in [-0.05, 0) is 35.0 Å². The number of hydrogen-bond acceptors (Lipinski definition) is 3. The predicted molar refractivity (Wildman–Crippen MR) is 118 cm³/mol. The van der Waals surface area contributed by atoms with Crippen LogP contribution in [0.2, 0.25) is 10.0 Å². The monoisotopic (exact) mass is 413 g/mol. The number of amidine groups is 1. The van der Waals surface area contributed by atoms with Crippen molar-refractivity contribution in [2.24, 2.45) is 4.99 Å². The van der Waals surface area contributed by atoms with Crippen molar-refractivity contribution in [1.29, 1.82) is 0 Å². The Balaban J connectivity index is 1.97. The van der Waals surface area contributed by atoms with Crippen LogP contribution in [0.5, 0.6) is 5.75 Å². The van der Waals surface area contributed by atoms with Gasteiger partial charge >= 0.3 is 0 Å². The number of nitrogens with one attached hydrogen (secondary N) is 1. The van der Waals surface area contributed by atoms with Gasteiger partial charge in [-0.15, -0.1) is 0 Å². The summed E-state index contributed by atoms with van der Waals surface area (Å²) >= 11 is 12.6. The molecule has 1 N–H and O–H groups in total. The van der Waals surface area contributed by atoms with E-state index in [0.29, 0.717) is 15.7 Å². The molecule has 1 fully saturated rings. The van der Waals surface area contributed by atoms with Gasteiger partial charge in [-0.2, -0.15) is 0 Å². The molecule has 4 rings (SSSR count). The third-order valence-electron chi connectivity index (χ3n) is 4.89. The summed E-state index contributed by atoms with van der Waals surface area (Å²) in [7, 11) is 1.69. The van der Waals surface area contributed by atoms with Crippen molar-refractivity contribution in [3.63, 3.8) is 0 Å². The van der Waals surface area contributed by atoms with Crippen molar-refractivity contribution in [3.05, 3.63) is 70.2 Å². The molecule has 0 aromatic heterocycles. The van der Waals surface area contributed by atoms with Gasteiger partial charge in [0.15, 0.2) is 0 Å². The zero-order valence-electron chi connectivity index (χ0n) is 15.6. The SMILES string of the molecule is COc1ccc2ccccc2c1C(=Nc1cc(Cl)ccc1Cl)N1CCNCC1. The topological polar surface area (TPSA) is 36.9 Å². The lowest BCUT2D eigenvalue weighted by molar-refractivity contribution is 0.356. The standard InChI is InChI=1S/C22H21Cl2N3O/c1-28-20-9-6-15-4-2-3-5-17(15)21(20)22(27-12-10-25-11-13-27)26-19-14-16(23)7-8-18(19)24/h2-9,14,25H,10-13H2,1H3. The molecule has 6 heteroatoms. The highest BCUT2D eigenvalue weighted by Gasteiger charge is 2.22. The molecule has 1 aliphatic rings. The molecule has 0 amide bonds. The first-order chi connectivity index (χ1) is 13.7. The summed E-state index contributed by atoms with van der Waals surface area (Å²) < 4.78 is 5.73. The largest absolute Gasteiger partial charge is 0.496 e. The van der Waals surface area contributed by atoms with Crippen LogP contribution in [0.25, 0.3) is 10.8 Å². The van der Waals surface area contributed by atoms with Crippen LogP contribution in [0.1, 0.15) is 5.56 Å². The highest BCUT2D eigenvalue weighted by Crippen LogP contribution is 2.34. The van der Waals surface area contributed by atoms with Crippen LogP contribution < -0.4 is 10.1 Å². The van der Waals surface area contributed by atoms with Crippen LogP contribution >= 0.6 is 23.2 Å². The Hall–Kier alpha value is -2.27. The highest BCUT2D eigenvalue weighted by molar-refractivity contribution is 6.35. The Kier molecular flexibility index (Phi) is 5.72. The molecule has 0 spiro atoms. The zero-order valence-corrected chi connectivity index (χ0v) is 17.1. The molecule has 1 aliphatic heterocycles. The van der Waals surface area contributed by atoms with Gasteiger partial charge in [0.25, 0.3) is 0 Å². The first kappa shape index (κ1) is 19.1. The normalized spacial score (nSPS) is 15.1. The summed E-state index contributed by atoms with van der Waals surface area (Å²) in [4.78, 5) is 7.27. The fraction of sp³-hybridized carbons (Fsp3) is 0.227. The van der Waals surface area contributed by atoms with Gasteiger partial charge in [0.05, 0.1) is 23.4 Å². The lowest BCUT2D eigenvalue weighted by Crippen LogP contribution is -2.46. The molecule has 4 nitrogen and oxygen atoms in total. The number of aliphatic imine (C=N–C) groups is 1. The Morgan fingerprint density at radius 3 is 2.61 bits per heavy atom.